The van der Waals surface area contributed by atoms with Gasteiger partial charge in [-0.25, -0.2) is 0 Å². The number of carboxylic acid groups (broad SMARTS) is 3. The molecule has 0 unspecified atom stereocenters. The van der Waals surface area contributed by atoms with E-state index < -0.39 is 104 Å². The van der Waals surface area contributed by atoms with E-state index >= 15 is 0 Å². The van der Waals surface area contributed by atoms with Crippen LogP contribution in [0.4, 0.5) is 0 Å². The highest BCUT2D eigenvalue weighted by Gasteiger charge is 2.40. The summed E-state index contributed by atoms with van der Waals surface area (Å²) in [6.45, 7) is 1.80. The zero-order valence-electron chi connectivity index (χ0n) is 23.9. The topological polar surface area (TPSA) is 295 Å². The summed E-state index contributed by atoms with van der Waals surface area (Å²) in [5, 5.41) is 45.2. The molecule has 0 spiro atoms. The molecule has 1 fully saturated rings. The van der Waals surface area contributed by atoms with Gasteiger partial charge in [0.15, 0.2) is 0 Å². The second-order valence-electron chi connectivity index (χ2n) is 10.1. The molecule has 242 valence electrons. The molecule has 0 aromatic carbocycles. The highest BCUT2D eigenvalue weighted by atomic mass is 16.4. The molecule has 10 N–H and O–H groups in total. The van der Waals surface area contributed by atoms with Crippen molar-refractivity contribution in [2.24, 2.45) is 11.7 Å². The van der Waals surface area contributed by atoms with E-state index in [-0.39, 0.29) is 25.3 Å². The Morgan fingerprint density at radius 3 is 2.02 bits per heavy atom. The Bertz CT molecular complexity index is 1070. The van der Waals surface area contributed by atoms with Gasteiger partial charge in [-0.2, -0.15) is 0 Å². The van der Waals surface area contributed by atoms with Crippen molar-refractivity contribution in [3.05, 3.63) is 0 Å². The highest BCUT2D eigenvalue weighted by molar-refractivity contribution is 5.97. The molecule has 43 heavy (non-hydrogen) atoms. The first-order valence-electron chi connectivity index (χ1n) is 13.6. The van der Waals surface area contributed by atoms with Gasteiger partial charge < -0.3 is 52.3 Å². The lowest BCUT2D eigenvalue weighted by molar-refractivity contribution is -0.145. The number of nitrogens with zero attached hydrogens (tertiary/aromatic N) is 1. The summed E-state index contributed by atoms with van der Waals surface area (Å²) in [6, 6.07) is -6.95. The summed E-state index contributed by atoms with van der Waals surface area (Å²) in [7, 11) is 0. The molecule has 18 heteroatoms. The normalized spacial score (nSPS) is 17.9. The molecule has 0 radical (unpaired) electrons. The molecule has 18 nitrogen and oxygen atoms in total. The summed E-state index contributed by atoms with van der Waals surface area (Å²) < 4.78 is 0. The van der Waals surface area contributed by atoms with Gasteiger partial charge in [-0.1, -0.05) is 20.3 Å². The second-order valence-corrected chi connectivity index (χ2v) is 10.1. The average molecular weight is 617 g/mol. The van der Waals surface area contributed by atoms with Gasteiger partial charge >= 0.3 is 17.9 Å². The fourth-order valence-electron chi connectivity index (χ4n) is 4.21. The van der Waals surface area contributed by atoms with E-state index in [1.807, 2.05) is 17.6 Å². The lowest BCUT2D eigenvalue weighted by Crippen LogP contribution is -2.59. The van der Waals surface area contributed by atoms with Crippen LogP contribution in [0.3, 0.4) is 0 Å². The van der Waals surface area contributed by atoms with Crippen molar-refractivity contribution < 1.29 is 58.8 Å². The summed E-state index contributed by atoms with van der Waals surface area (Å²) in [6.07, 6.45) is -0.739. The Balaban J connectivity index is 3.09. The number of amides is 5. The van der Waals surface area contributed by atoms with Crippen molar-refractivity contribution in [2.45, 2.75) is 82.6 Å². The van der Waals surface area contributed by atoms with Gasteiger partial charge in [0, 0.05) is 13.0 Å². The molecule has 0 aromatic rings. The second kappa shape index (κ2) is 17.6. The molecule has 1 aliphatic rings. The molecular weight excluding hydrogens is 576 g/mol. The lowest BCUT2D eigenvalue weighted by atomic mass is 9.98. The van der Waals surface area contributed by atoms with Crippen molar-refractivity contribution in [3.8, 4) is 0 Å². The lowest BCUT2D eigenvalue weighted by Gasteiger charge is -2.30. The number of carboxylic acids is 3. The third-order valence-corrected chi connectivity index (χ3v) is 6.90. The predicted molar refractivity (Wildman–Crippen MR) is 145 cm³/mol. The maximum atomic E-state index is 13.4. The van der Waals surface area contributed by atoms with Crippen LogP contribution in [0, 0.1) is 5.92 Å². The van der Waals surface area contributed by atoms with Gasteiger partial charge in [-0.3, -0.25) is 38.4 Å². The molecule has 6 atom stereocenters. The molecule has 5 amide bonds. The van der Waals surface area contributed by atoms with Gasteiger partial charge in [0.2, 0.25) is 29.5 Å². The third-order valence-electron chi connectivity index (χ3n) is 6.90. The molecule has 1 saturated heterocycles. The monoisotopic (exact) mass is 616 g/mol. The molecule has 0 aromatic heterocycles. The van der Waals surface area contributed by atoms with E-state index in [0.717, 1.165) is 4.90 Å². The zero-order valence-corrected chi connectivity index (χ0v) is 23.9. The minimum Gasteiger partial charge on any atom is -0.481 e. The summed E-state index contributed by atoms with van der Waals surface area (Å²) in [5.74, 6) is -9.00. The van der Waals surface area contributed by atoms with E-state index in [4.69, 9.17) is 15.9 Å². The quantitative estimate of drug-likeness (QED) is 0.0718. The number of aliphatic carboxylic acids is 3. The van der Waals surface area contributed by atoms with Crippen LogP contribution in [0.2, 0.25) is 0 Å². The number of carbonyl (C=O) groups is 8. The number of rotatable bonds is 18. The number of likely N-dealkylation sites (tertiary alicyclic amines) is 1. The van der Waals surface area contributed by atoms with Crippen LogP contribution in [0.5, 0.6) is 0 Å². The summed E-state index contributed by atoms with van der Waals surface area (Å²) in [4.78, 5) is 98.5. The van der Waals surface area contributed by atoms with Crippen LogP contribution >= 0.6 is 0 Å². The number of hydrogen-bond acceptors (Lipinski definition) is 10. The van der Waals surface area contributed by atoms with Crippen LogP contribution in [-0.4, -0.2) is 123 Å². The van der Waals surface area contributed by atoms with E-state index in [2.05, 4.69) is 10.6 Å². The predicted octanol–water partition coefficient (Wildman–Crippen LogP) is -3.66. The van der Waals surface area contributed by atoms with Crippen molar-refractivity contribution in [3.63, 3.8) is 0 Å². The average Bonchev–Trinajstić information content (AvgIpc) is 3.44. The van der Waals surface area contributed by atoms with Crippen molar-refractivity contribution in [1.82, 2.24) is 26.2 Å². The first-order chi connectivity index (χ1) is 20.1. The summed E-state index contributed by atoms with van der Waals surface area (Å²) in [5.41, 5.74) is 5.95. The van der Waals surface area contributed by atoms with Gasteiger partial charge in [0.05, 0.1) is 19.1 Å². The van der Waals surface area contributed by atoms with E-state index in [1.165, 1.54) is 0 Å². The zero-order chi connectivity index (χ0) is 32.9. The maximum absolute atomic E-state index is 13.4. The fourth-order valence-corrected chi connectivity index (χ4v) is 4.21. The van der Waals surface area contributed by atoms with Gasteiger partial charge in [0.25, 0.3) is 0 Å². The van der Waals surface area contributed by atoms with E-state index in [1.54, 1.807) is 6.92 Å². The first-order valence-corrected chi connectivity index (χ1v) is 13.6. The molecule has 0 saturated carbocycles. The molecule has 0 bridgehead atoms. The standard InChI is InChI=1S/C25H40N6O12/c1-3-12(2)20(26)24(42)28-13(6-7-17(33)34)25(43)31-8-4-5-16(31)23(41)29-14(9-18(35)36)22(40)30-15(11-32)21(39)27-10-19(37)38/h12-16,20,32H,3-11,26H2,1-2H3,(H,27,39)(H,28,42)(H,29,41)(H,30,40)(H,33,34)(H,35,36)(H,37,38)/t12-,13-,14-,15-,16-,20-/m0/s1. The van der Waals surface area contributed by atoms with Gasteiger partial charge in [-0.15, -0.1) is 0 Å². The number of hydrogen-bond donors (Lipinski definition) is 9. The Kier molecular flexibility index (Phi) is 15.0. The number of nitrogens with two attached hydrogens (primary N) is 1. The third kappa shape index (κ3) is 11.8. The number of aliphatic hydroxyl groups is 1. The first kappa shape index (κ1) is 36.7. The number of carbonyl (C=O) groups excluding carboxylic acids is 5. The SMILES string of the molecule is CC[C@H](C)[C@H](N)C(=O)N[C@@H](CCC(=O)O)C(=O)N1CCC[C@H]1C(=O)N[C@@H](CC(=O)O)C(=O)N[C@@H](CO)C(=O)NCC(=O)O. The smallest absolute Gasteiger partial charge is 0.322 e. The van der Waals surface area contributed by atoms with Crippen molar-refractivity contribution in [2.75, 3.05) is 19.7 Å². The highest BCUT2D eigenvalue weighted by Crippen LogP contribution is 2.20. The Hall–Kier alpha value is -4.32. The van der Waals surface area contributed by atoms with Gasteiger partial charge in [-0.05, 0) is 25.2 Å². The minimum absolute atomic E-state index is 0.0416. The molecule has 1 rings (SSSR count). The van der Waals surface area contributed by atoms with Gasteiger partial charge in [0.1, 0.15) is 30.7 Å². The minimum atomic E-state index is -1.76. The maximum Gasteiger partial charge on any atom is 0.322 e. The Morgan fingerprint density at radius 2 is 1.49 bits per heavy atom. The molecule has 1 aliphatic heterocycles. The molecular formula is C25H40N6O12. The van der Waals surface area contributed by atoms with Crippen LogP contribution in [0.1, 0.15) is 52.4 Å². The Morgan fingerprint density at radius 1 is 0.860 bits per heavy atom. The fraction of sp³-hybridized carbons (Fsp3) is 0.680. The Labute approximate surface area is 246 Å². The molecule has 0 aliphatic carbocycles. The van der Waals surface area contributed by atoms with E-state index in [9.17, 15) is 48.6 Å². The van der Waals surface area contributed by atoms with Crippen molar-refractivity contribution >= 4 is 47.4 Å². The number of nitrogens with one attached hydrogen (secondary N) is 4. The largest absolute Gasteiger partial charge is 0.481 e. The van der Waals surface area contributed by atoms with Crippen LogP contribution in [0.15, 0.2) is 0 Å². The molecule has 1 heterocycles. The summed E-state index contributed by atoms with van der Waals surface area (Å²) >= 11 is 0. The van der Waals surface area contributed by atoms with Crippen LogP contribution < -0.4 is 27.0 Å². The number of aliphatic hydroxyl groups excluding tert-OH is 1. The van der Waals surface area contributed by atoms with Crippen LogP contribution in [-0.2, 0) is 38.4 Å². The van der Waals surface area contributed by atoms with Crippen LogP contribution in [0.25, 0.3) is 0 Å². The van der Waals surface area contributed by atoms with Crippen molar-refractivity contribution in [1.29, 1.82) is 0 Å². The van der Waals surface area contributed by atoms with E-state index in [0.29, 0.717) is 12.8 Å².